The lowest BCUT2D eigenvalue weighted by Crippen LogP contribution is -2.15. The van der Waals surface area contributed by atoms with Crippen LogP contribution in [0, 0.1) is 0 Å². The molecule has 0 aromatic heterocycles. The first-order chi connectivity index (χ1) is 7.71. The molecule has 0 unspecified atom stereocenters. The topological polar surface area (TPSA) is 63.6 Å². The van der Waals surface area contributed by atoms with Crippen molar-refractivity contribution >= 4 is 11.9 Å². The summed E-state index contributed by atoms with van der Waals surface area (Å²) in [5, 5.41) is 8.90. The predicted molar refractivity (Wildman–Crippen MR) is 63.4 cm³/mol. The minimum Gasteiger partial charge on any atom is -0.478 e. The van der Waals surface area contributed by atoms with E-state index in [1.54, 1.807) is 6.07 Å². The van der Waals surface area contributed by atoms with Gasteiger partial charge in [0.2, 0.25) is 0 Å². The predicted octanol–water partition coefficient (Wildman–Crippen LogP) is 2.61. The van der Waals surface area contributed by atoms with Crippen LogP contribution in [0.5, 0.6) is 5.75 Å². The van der Waals surface area contributed by atoms with E-state index in [0.717, 1.165) is 5.56 Å². The molecule has 1 aromatic carbocycles. The molecule has 0 radical (unpaired) electrons. The average molecular weight is 236 g/mol. The van der Waals surface area contributed by atoms with Crippen LogP contribution in [0.1, 0.15) is 43.6 Å². The quantitative estimate of drug-likeness (QED) is 0.633. The zero-order chi connectivity index (χ0) is 13.2. The molecule has 0 spiro atoms. The van der Waals surface area contributed by atoms with Gasteiger partial charge >= 0.3 is 11.9 Å². The zero-order valence-corrected chi connectivity index (χ0v) is 10.4. The van der Waals surface area contributed by atoms with Crippen LogP contribution in [0.15, 0.2) is 18.2 Å². The van der Waals surface area contributed by atoms with Crippen molar-refractivity contribution in [2.45, 2.75) is 33.1 Å². The van der Waals surface area contributed by atoms with Gasteiger partial charge in [-0.2, -0.15) is 0 Å². The van der Waals surface area contributed by atoms with E-state index in [2.05, 4.69) is 0 Å². The Morgan fingerprint density at radius 3 is 2.24 bits per heavy atom. The third-order valence-corrected chi connectivity index (χ3v) is 2.29. The van der Waals surface area contributed by atoms with Crippen molar-refractivity contribution in [3.05, 3.63) is 29.3 Å². The van der Waals surface area contributed by atoms with Gasteiger partial charge in [-0.3, -0.25) is 4.79 Å². The number of carbonyl (C=O) groups excluding carboxylic acids is 1. The van der Waals surface area contributed by atoms with E-state index in [1.165, 1.54) is 19.1 Å². The number of hydrogen-bond acceptors (Lipinski definition) is 3. The number of ether oxygens (including phenoxy) is 1. The average Bonchev–Trinajstić information content (AvgIpc) is 2.14. The van der Waals surface area contributed by atoms with E-state index in [9.17, 15) is 9.59 Å². The van der Waals surface area contributed by atoms with Crippen LogP contribution >= 0.6 is 0 Å². The standard InChI is InChI=1S/C13H16O4/c1-8(14)17-11-7-9(12(15)16)5-6-10(11)13(2,3)4/h5-7H,1-4H3,(H,15,16). The summed E-state index contributed by atoms with van der Waals surface area (Å²) in [6.07, 6.45) is 0. The maximum atomic E-state index is 11.0. The maximum absolute atomic E-state index is 11.0. The molecule has 0 saturated carbocycles. The van der Waals surface area contributed by atoms with Gasteiger partial charge in [0.15, 0.2) is 0 Å². The number of hydrogen-bond donors (Lipinski definition) is 1. The molecule has 1 rings (SSSR count). The van der Waals surface area contributed by atoms with Crippen LogP contribution in [0.3, 0.4) is 0 Å². The summed E-state index contributed by atoms with van der Waals surface area (Å²) in [6, 6.07) is 4.57. The number of aromatic carboxylic acids is 1. The highest BCUT2D eigenvalue weighted by molar-refractivity contribution is 5.88. The zero-order valence-electron chi connectivity index (χ0n) is 10.4. The van der Waals surface area contributed by atoms with Gasteiger partial charge in [0.05, 0.1) is 5.56 Å². The first kappa shape index (κ1) is 13.2. The molecule has 0 aliphatic rings. The van der Waals surface area contributed by atoms with E-state index in [4.69, 9.17) is 9.84 Å². The Hall–Kier alpha value is -1.84. The van der Waals surface area contributed by atoms with E-state index < -0.39 is 11.9 Å². The third kappa shape index (κ3) is 3.31. The molecule has 0 aliphatic carbocycles. The molecule has 0 heterocycles. The van der Waals surface area contributed by atoms with Gasteiger partial charge in [0, 0.05) is 12.5 Å². The lowest BCUT2D eigenvalue weighted by Gasteiger charge is -2.22. The molecule has 4 heteroatoms. The number of carboxylic acid groups (broad SMARTS) is 1. The molecule has 0 saturated heterocycles. The van der Waals surface area contributed by atoms with Crippen molar-refractivity contribution in [3.8, 4) is 5.75 Å². The second-order valence-electron chi connectivity index (χ2n) is 4.86. The number of carbonyl (C=O) groups is 2. The Morgan fingerprint density at radius 2 is 1.82 bits per heavy atom. The van der Waals surface area contributed by atoms with Crippen molar-refractivity contribution < 1.29 is 19.4 Å². The number of esters is 1. The Bertz CT molecular complexity index is 455. The first-order valence-electron chi connectivity index (χ1n) is 5.28. The molecular weight excluding hydrogens is 220 g/mol. The monoisotopic (exact) mass is 236 g/mol. The highest BCUT2D eigenvalue weighted by Crippen LogP contribution is 2.32. The summed E-state index contributed by atoms with van der Waals surface area (Å²) in [6.45, 7) is 7.20. The summed E-state index contributed by atoms with van der Waals surface area (Å²) >= 11 is 0. The van der Waals surface area contributed by atoms with Gasteiger partial charge in [-0.15, -0.1) is 0 Å². The van der Waals surface area contributed by atoms with E-state index >= 15 is 0 Å². The van der Waals surface area contributed by atoms with E-state index in [-0.39, 0.29) is 11.0 Å². The van der Waals surface area contributed by atoms with Crippen molar-refractivity contribution in [2.24, 2.45) is 0 Å². The van der Waals surface area contributed by atoms with Crippen LogP contribution in [0.25, 0.3) is 0 Å². The van der Waals surface area contributed by atoms with Crippen molar-refractivity contribution in [1.82, 2.24) is 0 Å². The number of rotatable bonds is 2. The maximum Gasteiger partial charge on any atom is 0.335 e. The molecule has 0 bridgehead atoms. The first-order valence-corrected chi connectivity index (χ1v) is 5.28. The molecule has 0 atom stereocenters. The second-order valence-corrected chi connectivity index (χ2v) is 4.86. The number of benzene rings is 1. The Kier molecular flexibility index (Phi) is 3.56. The highest BCUT2D eigenvalue weighted by atomic mass is 16.5. The van der Waals surface area contributed by atoms with Gasteiger partial charge in [-0.25, -0.2) is 4.79 Å². The van der Waals surface area contributed by atoms with E-state index in [0.29, 0.717) is 5.75 Å². The van der Waals surface area contributed by atoms with Crippen LogP contribution < -0.4 is 4.74 Å². The number of carboxylic acids is 1. The fourth-order valence-electron chi connectivity index (χ4n) is 1.51. The summed E-state index contributed by atoms with van der Waals surface area (Å²) in [4.78, 5) is 21.9. The Labute approximate surface area is 100 Å². The molecule has 1 aromatic rings. The van der Waals surface area contributed by atoms with Crippen LogP contribution in [-0.4, -0.2) is 17.0 Å². The van der Waals surface area contributed by atoms with Gasteiger partial charge < -0.3 is 9.84 Å². The molecule has 1 N–H and O–H groups in total. The highest BCUT2D eigenvalue weighted by Gasteiger charge is 2.21. The largest absolute Gasteiger partial charge is 0.478 e. The summed E-state index contributed by atoms with van der Waals surface area (Å²) in [7, 11) is 0. The SMILES string of the molecule is CC(=O)Oc1cc(C(=O)O)ccc1C(C)(C)C. The molecule has 4 nitrogen and oxygen atoms in total. The lowest BCUT2D eigenvalue weighted by molar-refractivity contribution is -0.131. The van der Waals surface area contributed by atoms with Gasteiger partial charge in [-0.05, 0) is 17.5 Å². The molecule has 17 heavy (non-hydrogen) atoms. The second kappa shape index (κ2) is 4.57. The normalized spacial score (nSPS) is 11.1. The summed E-state index contributed by atoms with van der Waals surface area (Å²) in [5.41, 5.74) is 0.689. The van der Waals surface area contributed by atoms with Gasteiger partial charge in [0.25, 0.3) is 0 Å². The van der Waals surface area contributed by atoms with Gasteiger partial charge in [0.1, 0.15) is 5.75 Å². The third-order valence-electron chi connectivity index (χ3n) is 2.29. The summed E-state index contributed by atoms with van der Waals surface area (Å²) < 4.78 is 5.06. The molecular formula is C13H16O4. The smallest absolute Gasteiger partial charge is 0.335 e. The minimum absolute atomic E-state index is 0.106. The molecule has 0 fully saturated rings. The minimum atomic E-state index is -1.04. The molecule has 0 aliphatic heterocycles. The van der Waals surface area contributed by atoms with E-state index in [1.807, 2.05) is 20.8 Å². The van der Waals surface area contributed by atoms with Crippen LogP contribution in [-0.2, 0) is 10.2 Å². The van der Waals surface area contributed by atoms with Crippen molar-refractivity contribution in [2.75, 3.05) is 0 Å². The Balaban J connectivity index is 3.31. The van der Waals surface area contributed by atoms with Gasteiger partial charge in [-0.1, -0.05) is 26.8 Å². The van der Waals surface area contributed by atoms with Crippen molar-refractivity contribution in [1.29, 1.82) is 0 Å². The fourth-order valence-corrected chi connectivity index (χ4v) is 1.51. The molecule has 92 valence electrons. The molecule has 0 amide bonds. The van der Waals surface area contributed by atoms with Crippen LogP contribution in [0.2, 0.25) is 0 Å². The van der Waals surface area contributed by atoms with Crippen LogP contribution in [0.4, 0.5) is 0 Å². The summed E-state index contributed by atoms with van der Waals surface area (Å²) in [5.74, 6) is -1.19. The Morgan fingerprint density at radius 1 is 1.24 bits per heavy atom. The lowest BCUT2D eigenvalue weighted by atomic mass is 9.86. The fraction of sp³-hybridized carbons (Fsp3) is 0.385. The van der Waals surface area contributed by atoms with Crippen molar-refractivity contribution in [3.63, 3.8) is 0 Å².